The smallest absolute Gasteiger partial charge is 0.292 e. The van der Waals surface area contributed by atoms with E-state index >= 15 is 0 Å². The fourth-order valence-electron chi connectivity index (χ4n) is 2.19. The number of carbonyl (C=O) groups is 1. The minimum absolute atomic E-state index is 0.0409. The van der Waals surface area contributed by atoms with E-state index in [1.54, 1.807) is 6.07 Å². The maximum atomic E-state index is 13.1. The van der Waals surface area contributed by atoms with Gasteiger partial charge in [-0.25, -0.2) is 9.07 Å². The van der Waals surface area contributed by atoms with Gasteiger partial charge in [0.1, 0.15) is 17.3 Å². The average molecular weight is 391 g/mol. The summed E-state index contributed by atoms with van der Waals surface area (Å²) in [5.41, 5.74) is -0.102. The first-order valence-electron chi connectivity index (χ1n) is 7.60. The van der Waals surface area contributed by atoms with E-state index in [0.717, 1.165) is 0 Å². The molecule has 1 amide bonds. The van der Waals surface area contributed by atoms with Gasteiger partial charge in [-0.05, 0) is 24.3 Å². The number of hydrogen-bond acceptors (Lipinski definition) is 5. The number of rotatable bonds is 6. The molecule has 0 aliphatic rings. The molecule has 0 saturated heterocycles. The maximum absolute atomic E-state index is 13.1. The Morgan fingerprint density at radius 2 is 2.07 bits per heavy atom. The summed E-state index contributed by atoms with van der Waals surface area (Å²) in [7, 11) is 0. The van der Waals surface area contributed by atoms with Crippen LogP contribution in [0.1, 0.15) is 10.5 Å². The van der Waals surface area contributed by atoms with Crippen LogP contribution in [-0.2, 0) is 6.73 Å². The summed E-state index contributed by atoms with van der Waals surface area (Å²) < 4.78 is 19.9. The van der Waals surface area contributed by atoms with E-state index in [2.05, 4.69) is 10.4 Å². The van der Waals surface area contributed by atoms with Crippen molar-refractivity contribution >= 4 is 28.9 Å². The Balaban J connectivity index is 1.65. The quantitative estimate of drug-likeness (QED) is 0.508. The Kier molecular flexibility index (Phi) is 5.32. The lowest BCUT2D eigenvalue weighted by Gasteiger charge is -2.07. The number of aromatic nitrogens is 2. The second-order valence-electron chi connectivity index (χ2n) is 5.32. The van der Waals surface area contributed by atoms with Crippen LogP contribution in [0.15, 0.2) is 54.7 Å². The molecule has 1 N–H and O–H groups in total. The van der Waals surface area contributed by atoms with Crippen molar-refractivity contribution < 1.29 is 18.8 Å². The summed E-state index contributed by atoms with van der Waals surface area (Å²) in [6, 6.07) is 11.1. The lowest BCUT2D eigenvalue weighted by Crippen LogP contribution is -2.15. The van der Waals surface area contributed by atoms with E-state index in [1.807, 2.05) is 0 Å². The van der Waals surface area contributed by atoms with Gasteiger partial charge in [0.25, 0.3) is 11.6 Å². The third-order valence-electron chi connectivity index (χ3n) is 3.48. The number of hydrogen-bond donors (Lipinski definition) is 1. The second kappa shape index (κ2) is 7.83. The Bertz CT molecular complexity index is 1010. The summed E-state index contributed by atoms with van der Waals surface area (Å²) in [6.07, 6.45) is 1.50. The fourth-order valence-corrected chi connectivity index (χ4v) is 2.36. The molecule has 27 heavy (non-hydrogen) atoms. The molecule has 1 heterocycles. The van der Waals surface area contributed by atoms with Crippen LogP contribution in [0.3, 0.4) is 0 Å². The van der Waals surface area contributed by atoms with E-state index in [0.29, 0.717) is 5.75 Å². The normalized spacial score (nSPS) is 10.4. The zero-order chi connectivity index (χ0) is 19.4. The van der Waals surface area contributed by atoms with Gasteiger partial charge in [0.2, 0.25) is 0 Å². The molecule has 3 aromatic rings. The van der Waals surface area contributed by atoms with Gasteiger partial charge < -0.3 is 10.1 Å². The average Bonchev–Trinajstić information content (AvgIpc) is 3.12. The summed E-state index contributed by atoms with van der Waals surface area (Å²) in [5.74, 6) is -0.826. The van der Waals surface area contributed by atoms with Crippen LogP contribution < -0.4 is 10.1 Å². The van der Waals surface area contributed by atoms with Gasteiger partial charge >= 0.3 is 0 Å². The van der Waals surface area contributed by atoms with Crippen LogP contribution in [-0.4, -0.2) is 20.6 Å². The Morgan fingerprint density at radius 1 is 1.30 bits per heavy atom. The van der Waals surface area contributed by atoms with E-state index < -0.39 is 16.6 Å². The first-order chi connectivity index (χ1) is 12.9. The van der Waals surface area contributed by atoms with E-state index in [4.69, 9.17) is 16.3 Å². The molecule has 0 aliphatic heterocycles. The molecule has 10 heteroatoms. The highest BCUT2D eigenvalue weighted by molar-refractivity contribution is 6.30. The molecule has 0 spiro atoms. The van der Waals surface area contributed by atoms with Crippen molar-refractivity contribution in [1.29, 1.82) is 0 Å². The molecule has 0 fully saturated rings. The van der Waals surface area contributed by atoms with Crippen molar-refractivity contribution in [1.82, 2.24) is 9.78 Å². The van der Waals surface area contributed by atoms with Gasteiger partial charge in [0, 0.05) is 18.3 Å². The minimum atomic E-state index is -0.604. The standard InChI is InChI=1S/C17H12ClFN4O4/c18-12-9-11(5-6-13(12)19)27-10-22-8-7-15(21-22)17(24)20-14-3-1-2-4-16(14)23(25)26/h1-9H,10H2,(H,20,24). The molecule has 8 nitrogen and oxygen atoms in total. The monoisotopic (exact) mass is 390 g/mol. The number of ether oxygens (including phenoxy) is 1. The van der Waals surface area contributed by atoms with Gasteiger partial charge in [-0.3, -0.25) is 14.9 Å². The van der Waals surface area contributed by atoms with Crippen LogP contribution in [0.5, 0.6) is 5.75 Å². The number of nitrogens with one attached hydrogen (secondary N) is 1. The minimum Gasteiger partial charge on any atom is -0.471 e. The summed E-state index contributed by atoms with van der Waals surface area (Å²) in [6.45, 7) is -0.0409. The summed E-state index contributed by atoms with van der Waals surface area (Å²) in [4.78, 5) is 22.7. The number of benzene rings is 2. The molecule has 0 unspecified atom stereocenters. The number of halogens is 2. The summed E-state index contributed by atoms with van der Waals surface area (Å²) in [5, 5.41) is 17.4. The van der Waals surface area contributed by atoms with Gasteiger partial charge in [0.15, 0.2) is 12.4 Å². The van der Waals surface area contributed by atoms with Gasteiger partial charge in [-0.2, -0.15) is 5.10 Å². The molecule has 1 aromatic heterocycles. The van der Waals surface area contributed by atoms with Crippen LogP contribution in [0, 0.1) is 15.9 Å². The molecule has 2 aromatic carbocycles. The van der Waals surface area contributed by atoms with Crippen molar-refractivity contribution in [2.75, 3.05) is 5.32 Å². The third kappa shape index (κ3) is 4.39. The Morgan fingerprint density at radius 3 is 2.81 bits per heavy atom. The summed E-state index contributed by atoms with van der Waals surface area (Å²) >= 11 is 5.67. The lowest BCUT2D eigenvalue weighted by atomic mass is 10.2. The maximum Gasteiger partial charge on any atom is 0.292 e. The molecule has 0 bridgehead atoms. The van der Waals surface area contributed by atoms with E-state index in [-0.39, 0.29) is 28.8 Å². The molecule has 0 aliphatic carbocycles. The zero-order valence-corrected chi connectivity index (χ0v) is 14.4. The van der Waals surface area contributed by atoms with Crippen molar-refractivity contribution in [3.63, 3.8) is 0 Å². The SMILES string of the molecule is O=C(Nc1ccccc1[N+](=O)[O-])c1ccn(COc2ccc(F)c(Cl)c2)n1. The first-order valence-corrected chi connectivity index (χ1v) is 7.98. The molecule has 0 atom stereocenters. The van der Waals surface area contributed by atoms with Gasteiger partial charge in [-0.1, -0.05) is 23.7 Å². The number of amides is 1. The molecule has 0 saturated carbocycles. The van der Waals surface area contributed by atoms with Crippen molar-refractivity contribution in [2.24, 2.45) is 0 Å². The molecule has 0 radical (unpaired) electrons. The topological polar surface area (TPSA) is 99.3 Å². The van der Waals surface area contributed by atoms with Crippen molar-refractivity contribution in [2.45, 2.75) is 6.73 Å². The molecular weight excluding hydrogens is 379 g/mol. The highest BCUT2D eigenvalue weighted by atomic mass is 35.5. The van der Waals surface area contributed by atoms with Crippen molar-refractivity contribution in [3.8, 4) is 5.75 Å². The number of nitro benzene ring substituents is 1. The van der Waals surface area contributed by atoms with Crippen LogP contribution in [0.25, 0.3) is 0 Å². The van der Waals surface area contributed by atoms with Crippen LogP contribution in [0.4, 0.5) is 15.8 Å². The number of carbonyl (C=O) groups excluding carboxylic acids is 1. The van der Waals surface area contributed by atoms with E-state index in [1.165, 1.54) is 53.3 Å². The predicted octanol–water partition coefficient (Wildman–Crippen LogP) is 3.87. The van der Waals surface area contributed by atoms with Crippen LogP contribution in [0.2, 0.25) is 5.02 Å². The number of para-hydroxylation sites is 2. The molecule has 138 valence electrons. The van der Waals surface area contributed by atoms with Gasteiger partial charge in [0.05, 0.1) is 9.95 Å². The number of nitro groups is 1. The number of anilines is 1. The highest BCUT2D eigenvalue weighted by Gasteiger charge is 2.17. The molecular formula is C17H12ClFN4O4. The predicted molar refractivity (Wildman–Crippen MR) is 95.3 cm³/mol. The zero-order valence-electron chi connectivity index (χ0n) is 13.6. The Labute approximate surface area is 157 Å². The third-order valence-corrected chi connectivity index (χ3v) is 3.77. The van der Waals surface area contributed by atoms with Crippen molar-refractivity contribution in [3.05, 3.63) is 81.4 Å². The van der Waals surface area contributed by atoms with E-state index in [9.17, 15) is 19.3 Å². The fraction of sp³-hybridized carbons (Fsp3) is 0.0588. The first kappa shape index (κ1) is 18.3. The largest absolute Gasteiger partial charge is 0.471 e. The van der Waals surface area contributed by atoms with Gasteiger partial charge in [-0.15, -0.1) is 0 Å². The lowest BCUT2D eigenvalue weighted by molar-refractivity contribution is -0.383. The molecule has 3 rings (SSSR count). The Hall–Kier alpha value is -3.46. The highest BCUT2D eigenvalue weighted by Crippen LogP contribution is 2.24. The number of nitrogens with zero attached hydrogens (tertiary/aromatic N) is 3. The van der Waals surface area contributed by atoms with Crippen LogP contribution >= 0.6 is 11.6 Å². The second-order valence-corrected chi connectivity index (χ2v) is 5.73.